The van der Waals surface area contributed by atoms with Gasteiger partial charge in [0.1, 0.15) is 0 Å². The molecular weight excluding hydrogens is 606 g/mol. The van der Waals surface area contributed by atoms with E-state index in [-0.39, 0.29) is 30.4 Å². The van der Waals surface area contributed by atoms with Gasteiger partial charge in [-0.15, -0.1) is 0 Å². The lowest BCUT2D eigenvalue weighted by molar-refractivity contribution is -0.157. The summed E-state index contributed by atoms with van der Waals surface area (Å²) < 4.78 is 38.4. The first kappa shape index (κ1) is 34.6. The van der Waals surface area contributed by atoms with Crippen LogP contribution in [-0.2, 0) is 53.5 Å². The summed E-state index contributed by atoms with van der Waals surface area (Å²) in [5.74, 6) is -0.671. The van der Waals surface area contributed by atoms with E-state index in [0.29, 0.717) is 77.9 Å². The van der Waals surface area contributed by atoms with Crippen molar-refractivity contribution in [3.8, 4) is 5.69 Å². The number of carbonyl (C=O) groups excluding carboxylic acids is 1. The van der Waals surface area contributed by atoms with Gasteiger partial charge in [0, 0.05) is 43.7 Å². The number of nitrogens with zero attached hydrogens (tertiary/aromatic N) is 3. The van der Waals surface area contributed by atoms with E-state index in [9.17, 15) is 14.7 Å². The van der Waals surface area contributed by atoms with Gasteiger partial charge in [0.2, 0.25) is 6.29 Å². The first-order valence-corrected chi connectivity index (χ1v) is 16.1. The molecule has 2 atom stereocenters. The van der Waals surface area contributed by atoms with E-state index in [1.165, 1.54) is 0 Å². The zero-order valence-corrected chi connectivity index (χ0v) is 27.2. The van der Waals surface area contributed by atoms with Gasteiger partial charge in [-0.1, -0.05) is 42.5 Å². The first-order valence-electron chi connectivity index (χ1n) is 16.1. The molecule has 3 aromatic rings. The van der Waals surface area contributed by atoms with Gasteiger partial charge in [0.05, 0.1) is 71.8 Å². The zero-order chi connectivity index (χ0) is 33.0. The van der Waals surface area contributed by atoms with E-state index < -0.39 is 12.2 Å². The summed E-state index contributed by atoms with van der Waals surface area (Å²) in [7, 11) is 1.85. The topological polar surface area (TPSA) is 123 Å². The van der Waals surface area contributed by atoms with Gasteiger partial charge in [-0.2, -0.15) is 0 Å². The molecule has 47 heavy (non-hydrogen) atoms. The number of allylic oxidation sites excluding steroid dienone is 1. The molecule has 5 rings (SSSR count). The zero-order valence-electron chi connectivity index (χ0n) is 27.2. The Morgan fingerprint density at radius 3 is 2.02 bits per heavy atom. The molecule has 0 aliphatic carbocycles. The number of amides is 1. The van der Waals surface area contributed by atoms with Gasteiger partial charge in [0.15, 0.2) is 5.76 Å². The molecule has 0 bridgehead atoms. The molecule has 1 N–H and O–H groups in total. The number of rotatable bonds is 7. The molecule has 12 nitrogen and oxygen atoms in total. The van der Waals surface area contributed by atoms with Crippen LogP contribution >= 0.6 is 0 Å². The standard InChI is InChI=1S/C35H45N3O9/c1-26-33(35(41)38(36(26)2)30-6-4-3-5-7-30)29-22-31(47-32(23-29)46-25-28-10-8-27(24-39)9-11-28)34(40)37-12-14-42-16-18-44-20-21-45-19-17-43-15-13-37/h3-11,22,29,32,39H,12-21,23-25H2,1-2H3/t29-,32+/m1/s1. The number of hydrogen-bond donors (Lipinski definition) is 1. The summed E-state index contributed by atoms with van der Waals surface area (Å²) in [5, 5.41) is 9.40. The summed E-state index contributed by atoms with van der Waals surface area (Å²) >= 11 is 0. The highest BCUT2D eigenvalue weighted by Crippen LogP contribution is 2.33. The van der Waals surface area contributed by atoms with Gasteiger partial charge in [0.25, 0.3) is 11.5 Å². The van der Waals surface area contributed by atoms with Gasteiger partial charge in [-0.25, -0.2) is 4.68 Å². The summed E-state index contributed by atoms with van der Waals surface area (Å²) in [6, 6.07) is 16.9. The second-order valence-electron chi connectivity index (χ2n) is 11.4. The predicted octanol–water partition coefficient (Wildman–Crippen LogP) is 2.82. The Morgan fingerprint density at radius 1 is 0.851 bits per heavy atom. The number of para-hydroxylation sites is 1. The minimum atomic E-state index is -0.795. The van der Waals surface area contributed by atoms with Crippen molar-refractivity contribution in [3.05, 3.63) is 99.2 Å². The van der Waals surface area contributed by atoms with Crippen LogP contribution in [0.3, 0.4) is 0 Å². The molecule has 2 aliphatic rings. The fraction of sp³-hybridized carbons (Fsp3) is 0.486. The van der Waals surface area contributed by atoms with E-state index in [4.69, 9.17) is 28.4 Å². The van der Waals surface area contributed by atoms with Crippen molar-refractivity contribution in [2.75, 3.05) is 65.9 Å². The molecule has 0 unspecified atom stereocenters. The lowest BCUT2D eigenvalue weighted by Crippen LogP contribution is -2.40. The van der Waals surface area contributed by atoms with E-state index in [0.717, 1.165) is 22.5 Å². The molecule has 254 valence electrons. The van der Waals surface area contributed by atoms with Gasteiger partial charge < -0.3 is 38.4 Å². The second kappa shape index (κ2) is 17.4. The Labute approximate surface area is 275 Å². The lowest BCUT2D eigenvalue weighted by Gasteiger charge is -2.31. The van der Waals surface area contributed by atoms with Crippen LogP contribution in [0.1, 0.15) is 34.7 Å². The van der Waals surface area contributed by atoms with E-state index in [1.54, 1.807) is 15.7 Å². The van der Waals surface area contributed by atoms with Crippen molar-refractivity contribution in [2.45, 2.75) is 38.8 Å². The maximum atomic E-state index is 14.1. The summed E-state index contributed by atoms with van der Waals surface area (Å²) in [5.41, 5.74) is 3.64. The Hall–Kier alpha value is -3.78. The molecule has 0 spiro atoms. The molecule has 3 heterocycles. The molecule has 0 saturated carbocycles. The molecule has 1 saturated heterocycles. The molecule has 1 fully saturated rings. The van der Waals surface area contributed by atoms with Crippen LogP contribution in [0.15, 0.2) is 71.2 Å². The van der Waals surface area contributed by atoms with Gasteiger partial charge in [-0.05, 0) is 36.3 Å². The number of hydrogen-bond acceptors (Lipinski definition) is 9. The molecule has 1 amide bonds. The minimum Gasteiger partial charge on any atom is -0.459 e. The van der Waals surface area contributed by atoms with Crippen molar-refractivity contribution in [1.82, 2.24) is 14.3 Å². The highest BCUT2D eigenvalue weighted by molar-refractivity contribution is 5.91. The van der Waals surface area contributed by atoms with Crippen molar-refractivity contribution in [3.63, 3.8) is 0 Å². The quantitative estimate of drug-likeness (QED) is 0.411. The summed E-state index contributed by atoms with van der Waals surface area (Å²) in [6.07, 6.45) is 1.29. The van der Waals surface area contributed by atoms with Crippen LogP contribution in [0.5, 0.6) is 0 Å². The van der Waals surface area contributed by atoms with E-state index in [1.807, 2.05) is 73.3 Å². The molecule has 12 heteroatoms. The number of aliphatic hydroxyl groups excluding tert-OH is 1. The maximum Gasteiger partial charge on any atom is 0.288 e. The third-order valence-corrected chi connectivity index (χ3v) is 8.29. The van der Waals surface area contributed by atoms with Crippen LogP contribution in [0.4, 0.5) is 0 Å². The normalized spacial score (nSPS) is 20.5. The van der Waals surface area contributed by atoms with E-state index >= 15 is 0 Å². The Balaban J connectivity index is 1.41. The monoisotopic (exact) mass is 651 g/mol. The van der Waals surface area contributed by atoms with Gasteiger partial charge in [-0.3, -0.25) is 14.3 Å². The number of benzene rings is 2. The molecule has 0 radical (unpaired) electrons. The minimum absolute atomic E-state index is 0.0457. The van der Waals surface area contributed by atoms with Crippen molar-refractivity contribution >= 4 is 5.91 Å². The third kappa shape index (κ3) is 9.19. The third-order valence-electron chi connectivity index (χ3n) is 8.29. The molecule has 1 aromatic heterocycles. The fourth-order valence-corrected chi connectivity index (χ4v) is 5.64. The SMILES string of the molecule is Cc1c([C@@H]2C=C(C(=O)N3CCOCCOCCOCCOCC3)O[C@H](OCc3ccc(CO)cc3)C2)c(=O)n(-c2ccccc2)n1C. The smallest absolute Gasteiger partial charge is 0.288 e. The number of aliphatic hydroxyl groups is 1. The lowest BCUT2D eigenvalue weighted by atomic mass is 9.93. The average molecular weight is 652 g/mol. The summed E-state index contributed by atoms with van der Waals surface area (Å²) in [6.45, 7) is 5.97. The average Bonchev–Trinajstić information content (AvgIpc) is 3.32. The maximum absolute atomic E-state index is 14.1. The van der Waals surface area contributed by atoms with Crippen molar-refractivity contribution in [2.24, 2.45) is 7.05 Å². The Kier molecular flexibility index (Phi) is 12.8. The van der Waals surface area contributed by atoms with Crippen molar-refractivity contribution in [1.29, 1.82) is 0 Å². The first-order chi connectivity index (χ1) is 23.0. The number of carbonyl (C=O) groups is 1. The predicted molar refractivity (Wildman–Crippen MR) is 173 cm³/mol. The van der Waals surface area contributed by atoms with E-state index in [2.05, 4.69) is 0 Å². The van der Waals surface area contributed by atoms with Crippen molar-refractivity contribution < 1.29 is 38.3 Å². The fourth-order valence-electron chi connectivity index (χ4n) is 5.64. The Bertz CT molecular complexity index is 1500. The number of ether oxygens (including phenoxy) is 6. The largest absolute Gasteiger partial charge is 0.459 e. The van der Waals surface area contributed by atoms with Crippen LogP contribution in [0.25, 0.3) is 5.69 Å². The van der Waals surface area contributed by atoms with Crippen LogP contribution in [-0.4, -0.2) is 97.5 Å². The van der Waals surface area contributed by atoms with Crippen LogP contribution < -0.4 is 5.56 Å². The van der Waals surface area contributed by atoms with Crippen LogP contribution in [0.2, 0.25) is 0 Å². The Morgan fingerprint density at radius 2 is 1.43 bits per heavy atom. The summed E-state index contributed by atoms with van der Waals surface area (Å²) in [4.78, 5) is 29.7. The second-order valence-corrected chi connectivity index (χ2v) is 11.4. The van der Waals surface area contributed by atoms with Gasteiger partial charge >= 0.3 is 0 Å². The molecule has 2 aromatic carbocycles. The molecular formula is C35H45N3O9. The van der Waals surface area contributed by atoms with Crippen LogP contribution in [0, 0.1) is 6.92 Å². The number of aromatic nitrogens is 2. The highest BCUT2D eigenvalue weighted by Gasteiger charge is 2.34. The molecule has 2 aliphatic heterocycles. The highest BCUT2D eigenvalue weighted by atomic mass is 16.7.